The number of nitrogens with one attached hydrogen (secondary N) is 2. The molecule has 1 heterocycles. The molecule has 0 bridgehead atoms. The van der Waals surface area contributed by atoms with E-state index in [1.165, 1.54) is 0 Å². The van der Waals surface area contributed by atoms with E-state index < -0.39 is 0 Å². The Labute approximate surface area is 85.4 Å². The topological polar surface area (TPSA) is 50.4 Å². The van der Waals surface area contributed by atoms with Crippen molar-refractivity contribution in [3.8, 4) is 0 Å². The van der Waals surface area contributed by atoms with E-state index >= 15 is 0 Å². The predicted molar refractivity (Wildman–Crippen MR) is 55.1 cm³/mol. The van der Waals surface area contributed by atoms with Crippen molar-refractivity contribution < 1.29 is 9.53 Å². The third-order valence-electron chi connectivity index (χ3n) is 2.33. The molecule has 14 heavy (non-hydrogen) atoms. The maximum atomic E-state index is 11.4. The number of carbonyl (C=O) groups is 1. The van der Waals surface area contributed by atoms with Crippen molar-refractivity contribution in [3.63, 3.8) is 0 Å². The Hall–Kier alpha value is -0.610. The number of ether oxygens (including phenoxy) is 1. The molecule has 1 saturated heterocycles. The lowest BCUT2D eigenvalue weighted by atomic mass is 10.3. The molecule has 82 valence electrons. The molecule has 0 saturated carbocycles. The number of amides is 1. The fraction of sp³-hybridized carbons (Fsp3) is 0.900. The standard InChI is InChI=1S/C10H20N2O2/c1-3-5-12-10(13)8(2)14-9-4-6-11-7-9/h8-9,11H,3-7H2,1-2H3,(H,12,13). The normalized spacial score (nSPS) is 23.4. The minimum Gasteiger partial charge on any atom is -0.364 e. The summed E-state index contributed by atoms with van der Waals surface area (Å²) in [5.74, 6) is -0.00116. The van der Waals surface area contributed by atoms with Gasteiger partial charge in [0.15, 0.2) is 0 Å². The maximum Gasteiger partial charge on any atom is 0.248 e. The van der Waals surface area contributed by atoms with Gasteiger partial charge in [-0.3, -0.25) is 4.79 Å². The second kappa shape index (κ2) is 5.98. The Morgan fingerprint density at radius 1 is 1.71 bits per heavy atom. The lowest BCUT2D eigenvalue weighted by molar-refractivity contribution is -0.134. The second-order valence-electron chi connectivity index (χ2n) is 3.68. The van der Waals surface area contributed by atoms with Gasteiger partial charge >= 0.3 is 0 Å². The average Bonchev–Trinajstić information content (AvgIpc) is 2.66. The molecule has 1 aliphatic heterocycles. The molecule has 2 atom stereocenters. The third kappa shape index (κ3) is 3.64. The van der Waals surface area contributed by atoms with Gasteiger partial charge < -0.3 is 15.4 Å². The summed E-state index contributed by atoms with van der Waals surface area (Å²) in [5.41, 5.74) is 0. The molecule has 0 aromatic heterocycles. The van der Waals surface area contributed by atoms with E-state index in [9.17, 15) is 4.79 Å². The van der Waals surface area contributed by atoms with Crippen molar-refractivity contribution in [2.75, 3.05) is 19.6 Å². The first-order valence-electron chi connectivity index (χ1n) is 5.38. The van der Waals surface area contributed by atoms with Crippen LogP contribution in [-0.2, 0) is 9.53 Å². The number of hydrogen-bond donors (Lipinski definition) is 2. The molecule has 2 unspecified atom stereocenters. The van der Waals surface area contributed by atoms with Gasteiger partial charge in [-0.1, -0.05) is 6.92 Å². The summed E-state index contributed by atoms with van der Waals surface area (Å²) in [5, 5.41) is 6.02. The highest BCUT2D eigenvalue weighted by Crippen LogP contribution is 2.06. The van der Waals surface area contributed by atoms with E-state index in [4.69, 9.17) is 4.74 Å². The first-order chi connectivity index (χ1) is 6.74. The highest BCUT2D eigenvalue weighted by molar-refractivity contribution is 5.80. The van der Waals surface area contributed by atoms with Crippen LogP contribution >= 0.6 is 0 Å². The quantitative estimate of drug-likeness (QED) is 0.670. The Balaban J connectivity index is 2.18. The van der Waals surface area contributed by atoms with E-state index in [2.05, 4.69) is 10.6 Å². The van der Waals surface area contributed by atoms with Crippen LogP contribution in [0.25, 0.3) is 0 Å². The summed E-state index contributed by atoms with van der Waals surface area (Å²) in [6.45, 7) is 6.44. The molecule has 1 rings (SSSR count). The van der Waals surface area contributed by atoms with Gasteiger partial charge in [-0.05, 0) is 26.3 Å². The van der Waals surface area contributed by atoms with Gasteiger partial charge in [0.05, 0.1) is 6.10 Å². The van der Waals surface area contributed by atoms with Crippen LogP contribution in [0.2, 0.25) is 0 Å². The third-order valence-corrected chi connectivity index (χ3v) is 2.33. The largest absolute Gasteiger partial charge is 0.364 e. The van der Waals surface area contributed by atoms with Crippen molar-refractivity contribution in [2.45, 2.75) is 38.9 Å². The van der Waals surface area contributed by atoms with Crippen LogP contribution in [-0.4, -0.2) is 37.7 Å². The molecule has 1 aliphatic rings. The molecule has 4 nitrogen and oxygen atoms in total. The summed E-state index contributed by atoms with van der Waals surface area (Å²) in [6, 6.07) is 0. The van der Waals surface area contributed by atoms with Crippen molar-refractivity contribution >= 4 is 5.91 Å². The molecular formula is C10H20N2O2. The van der Waals surface area contributed by atoms with E-state index in [0.29, 0.717) is 0 Å². The zero-order chi connectivity index (χ0) is 10.4. The molecule has 2 N–H and O–H groups in total. The Morgan fingerprint density at radius 2 is 2.50 bits per heavy atom. The summed E-state index contributed by atoms with van der Waals surface area (Å²) in [4.78, 5) is 11.4. The van der Waals surface area contributed by atoms with Crippen molar-refractivity contribution in [2.24, 2.45) is 0 Å². The van der Waals surface area contributed by atoms with E-state index in [1.807, 2.05) is 13.8 Å². The monoisotopic (exact) mass is 200 g/mol. The van der Waals surface area contributed by atoms with Crippen LogP contribution < -0.4 is 10.6 Å². The highest BCUT2D eigenvalue weighted by atomic mass is 16.5. The van der Waals surface area contributed by atoms with Crippen LogP contribution in [0.4, 0.5) is 0 Å². The Morgan fingerprint density at radius 3 is 3.07 bits per heavy atom. The minimum atomic E-state index is -0.327. The maximum absolute atomic E-state index is 11.4. The Kier molecular flexibility index (Phi) is 4.90. The Bertz CT molecular complexity index is 179. The molecule has 4 heteroatoms. The minimum absolute atomic E-state index is 0.00116. The van der Waals surface area contributed by atoms with Gasteiger partial charge in [0.1, 0.15) is 6.10 Å². The second-order valence-corrected chi connectivity index (χ2v) is 3.68. The molecule has 0 aliphatic carbocycles. The summed E-state index contributed by atoms with van der Waals surface area (Å²) < 4.78 is 5.60. The summed E-state index contributed by atoms with van der Waals surface area (Å²) >= 11 is 0. The van der Waals surface area contributed by atoms with Crippen LogP contribution in [0.5, 0.6) is 0 Å². The SMILES string of the molecule is CCCNC(=O)C(C)OC1CCNC1. The zero-order valence-electron chi connectivity index (χ0n) is 9.01. The first kappa shape index (κ1) is 11.5. The van der Waals surface area contributed by atoms with Crippen molar-refractivity contribution in [3.05, 3.63) is 0 Å². The van der Waals surface area contributed by atoms with Gasteiger partial charge in [-0.15, -0.1) is 0 Å². The van der Waals surface area contributed by atoms with Crippen LogP contribution in [0, 0.1) is 0 Å². The number of hydrogen-bond acceptors (Lipinski definition) is 3. The molecular weight excluding hydrogens is 180 g/mol. The lowest BCUT2D eigenvalue weighted by Gasteiger charge is -2.17. The molecule has 1 amide bonds. The van der Waals surface area contributed by atoms with Crippen molar-refractivity contribution in [1.29, 1.82) is 0 Å². The van der Waals surface area contributed by atoms with E-state index in [0.717, 1.165) is 32.5 Å². The van der Waals surface area contributed by atoms with Crippen LogP contribution in [0.3, 0.4) is 0 Å². The van der Waals surface area contributed by atoms with Gasteiger partial charge in [-0.2, -0.15) is 0 Å². The lowest BCUT2D eigenvalue weighted by Crippen LogP contribution is -2.37. The fourth-order valence-corrected chi connectivity index (χ4v) is 1.49. The molecule has 0 aromatic rings. The summed E-state index contributed by atoms with van der Waals surface area (Å²) in [6.07, 6.45) is 1.85. The molecule has 0 aromatic carbocycles. The van der Waals surface area contributed by atoms with Gasteiger partial charge in [-0.25, -0.2) is 0 Å². The average molecular weight is 200 g/mol. The zero-order valence-corrected chi connectivity index (χ0v) is 9.01. The van der Waals surface area contributed by atoms with Gasteiger partial charge in [0, 0.05) is 13.1 Å². The summed E-state index contributed by atoms with van der Waals surface area (Å²) in [7, 11) is 0. The van der Waals surface area contributed by atoms with Crippen LogP contribution in [0.1, 0.15) is 26.7 Å². The highest BCUT2D eigenvalue weighted by Gasteiger charge is 2.21. The number of rotatable bonds is 5. The molecule has 0 radical (unpaired) electrons. The van der Waals surface area contributed by atoms with Crippen LogP contribution in [0.15, 0.2) is 0 Å². The van der Waals surface area contributed by atoms with Gasteiger partial charge in [0.2, 0.25) is 5.91 Å². The molecule has 0 spiro atoms. The van der Waals surface area contributed by atoms with Gasteiger partial charge in [0.25, 0.3) is 0 Å². The fourth-order valence-electron chi connectivity index (χ4n) is 1.49. The van der Waals surface area contributed by atoms with E-state index in [1.54, 1.807) is 0 Å². The smallest absolute Gasteiger partial charge is 0.248 e. The number of carbonyl (C=O) groups excluding carboxylic acids is 1. The first-order valence-corrected chi connectivity index (χ1v) is 5.38. The van der Waals surface area contributed by atoms with Crippen molar-refractivity contribution in [1.82, 2.24) is 10.6 Å². The molecule has 1 fully saturated rings. The predicted octanol–water partition coefficient (Wildman–Crippen LogP) is 0.280. The van der Waals surface area contributed by atoms with E-state index in [-0.39, 0.29) is 18.1 Å².